The molecule has 1 rings (SSSR count). The van der Waals surface area contributed by atoms with Gasteiger partial charge in [0.2, 0.25) is 0 Å². The topological polar surface area (TPSA) is 46.2 Å². The fraction of sp³-hybridized carbons (Fsp3) is 0.400. The molecule has 2 heteroatoms. The Bertz CT molecular complexity index is 241. The third kappa shape index (κ3) is 2.06. The lowest BCUT2D eigenvalue weighted by Crippen LogP contribution is -2.22. The zero-order valence-electron chi connectivity index (χ0n) is 7.49. The number of aliphatic hydroxyl groups is 1. The number of hydrogen-bond donors (Lipinski definition) is 2. The zero-order valence-corrected chi connectivity index (χ0v) is 7.49. The van der Waals surface area contributed by atoms with Gasteiger partial charge in [-0.25, -0.2) is 0 Å². The molecule has 0 aromatic heterocycles. The van der Waals surface area contributed by atoms with Crippen molar-refractivity contribution in [2.24, 2.45) is 5.73 Å². The van der Waals surface area contributed by atoms with Gasteiger partial charge in [-0.2, -0.15) is 0 Å². The molecule has 0 amide bonds. The highest BCUT2D eigenvalue weighted by Crippen LogP contribution is 2.14. The molecule has 66 valence electrons. The van der Waals surface area contributed by atoms with Crippen LogP contribution in [0.1, 0.15) is 24.1 Å². The Morgan fingerprint density at radius 1 is 1.25 bits per heavy atom. The van der Waals surface area contributed by atoms with E-state index in [4.69, 9.17) is 5.73 Å². The lowest BCUT2D eigenvalue weighted by molar-refractivity contribution is 0.164. The summed E-state index contributed by atoms with van der Waals surface area (Å²) in [6, 6.07) is 7.62. The quantitative estimate of drug-likeness (QED) is 0.695. The van der Waals surface area contributed by atoms with Crippen LogP contribution >= 0.6 is 0 Å². The van der Waals surface area contributed by atoms with E-state index in [1.165, 1.54) is 5.56 Å². The van der Waals surface area contributed by atoms with E-state index in [0.29, 0.717) is 0 Å². The molecule has 12 heavy (non-hydrogen) atoms. The van der Waals surface area contributed by atoms with Crippen LogP contribution in [-0.4, -0.2) is 11.2 Å². The molecule has 2 atom stereocenters. The molecular weight excluding hydrogens is 150 g/mol. The van der Waals surface area contributed by atoms with Crippen LogP contribution in [0.25, 0.3) is 0 Å². The molecule has 0 aliphatic carbocycles. The number of hydrogen-bond acceptors (Lipinski definition) is 2. The van der Waals surface area contributed by atoms with E-state index in [0.717, 1.165) is 5.56 Å². The van der Waals surface area contributed by atoms with Crippen molar-refractivity contribution in [1.29, 1.82) is 0 Å². The van der Waals surface area contributed by atoms with E-state index in [9.17, 15) is 5.11 Å². The van der Waals surface area contributed by atoms with E-state index in [1.54, 1.807) is 6.92 Å². The van der Waals surface area contributed by atoms with Gasteiger partial charge in [0.25, 0.3) is 0 Å². The van der Waals surface area contributed by atoms with Gasteiger partial charge in [-0.15, -0.1) is 0 Å². The van der Waals surface area contributed by atoms with Crippen LogP contribution in [0, 0.1) is 6.92 Å². The van der Waals surface area contributed by atoms with Gasteiger partial charge in [0.05, 0.1) is 12.1 Å². The van der Waals surface area contributed by atoms with E-state index in [1.807, 2.05) is 31.2 Å². The summed E-state index contributed by atoms with van der Waals surface area (Å²) in [4.78, 5) is 0. The Kier molecular flexibility index (Phi) is 2.84. The minimum absolute atomic E-state index is 0.273. The summed E-state index contributed by atoms with van der Waals surface area (Å²) in [5.74, 6) is 0. The van der Waals surface area contributed by atoms with Crippen molar-refractivity contribution in [2.45, 2.75) is 26.0 Å². The minimum atomic E-state index is -0.493. The molecule has 0 saturated heterocycles. The number of nitrogens with two attached hydrogens (primary N) is 1. The molecule has 0 aliphatic rings. The van der Waals surface area contributed by atoms with Crippen LogP contribution < -0.4 is 5.73 Å². The molecule has 2 nitrogen and oxygen atoms in total. The maximum atomic E-state index is 9.22. The highest BCUT2D eigenvalue weighted by molar-refractivity contribution is 5.24. The van der Waals surface area contributed by atoms with Crippen LogP contribution in [0.5, 0.6) is 0 Å². The predicted molar refractivity (Wildman–Crippen MR) is 49.8 cm³/mol. The lowest BCUT2D eigenvalue weighted by Gasteiger charge is -2.14. The molecule has 0 spiro atoms. The standard InChI is InChI=1S/C10H15NO/c1-7-3-5-9(6-4-7)10(11)8(2)12/h3-6,8,10,12H,11H2,1-2H3/t8-,10+/m1/s1. The first-order valence-corrected chi connectivity index (χ1v) is 4.11. The van der Waals surface area contributed by atoms with Crippen LogP contribution in [0.3, 0.4) is 0 Å². The van der Waals surface area contributed by atoms with Gasteiger partial charge in [-0.05, 0) is 19.4 Å². The van der Waals surface area contributed by atoms with Crippen LogP contribution in [-0.2, 0) is 0 Å². The van der Waals surface area contributed by atoms with Crippen LogP contribution in [0.15, 0.2) is 24.3 Å². The molecule has 1 aromatic carbocycles. The summed E-state index contributed by atoms with van der Waals surface area (Å²) < 4.78 is 0. The van der Waals surface area contributed by atoms with Crippen molar-refractivity contribution >= 4 is 0 Å². The van der Waals surface area contributed by atoms with Gasteiger partial charge in [0.1, 0.15) is 0 Å². The molecule has 0 aliphatic heterocycles. The summed E-state index contributed by atoms with van der Waals surface area (Å²) in [6.45, 7) is 3.72. The highest BCUT2D eigenvalue weighted by atomic mass is 16.3. The van der Waals surface area contributed by atoms with Crippen molar-refractivity contribution in [3.63, 3.8) is 0 Å². The van der Waals surface area contributed by atoms with Crippen molar-refractivity contribution in [1.82, 2.24) is 0 Å². The maximum absolute atomic E-state index is 9.22. The molecular formula is C10H15NO. The first-order valence-electron chi connectivity index (χ1n) is 4.11. The molecule has 0 heterocycles. The predicted octanol–water partition coefficient (Wildman–Crippen LogP) is 1.38. The average molecular weight is 165 g/mol. The highest BCUT2D eigenvalue weighted by Gasteiger charge is 2.10. The Morgan fingerprint density at radius 2 is 1.75 bits per heavy atom. The first kappa shape index (κ1) is 9.23. The molecule has 0 bridgehead atoms. The second-order valence-corrected chi connectivity index (χ2v) is 3.18. The summed E-state index contributed by atoms with van der Waals surface area (Å²) in [6.07, 6.45) is -0.493. The fourth-order valence-electron chi connectivity index (χ4n) is 1.07. The second-order valence-electron chi connectivity index (χ2n) is 3.18. The number of aryl methyl sites for hydroxylation is 1. The van der Waals surface area contributed by atoms with E-state index < -0.39 is 6.10 Å². The number of rotatable bonds is 2. The summed E-state index contributed by atoms with van der Waals surface area (Å²) in [7, 11) is 0. The molecule has 0 fully saturated rings. The lowest BCUT2D eigenvalue weighted by atomic mass is 10.0. The maximum Gasteiger partial charge on any atom is 0.0704 e. The smallest absolute Gasteiger partial charge is 0.0704 e. The van der Waals surface area contributed by atoms with Gasteiger partial charge < -0.3 is 10.8 Å². The Balaban J connectivity index is 2.82. The Labute approximate surface area is 73.0 Å². The van der Waals surface area contributed by atoms with Crippen LogP contribution in [0.2, 0.25) is 0 Å². The van der Waals surface area contributed by atoms with E-state index >= 15 is 0 Å². The molecule has 0 radical (unpaired) electrons. The van der Waals surface area contributed by atoms with Gasteiger partial charge in [0, 0.05) is 0 Å². The number of aliphatic hydroxyl groups excluding tert-OH is 1. The first-order chi connectivity index (χ1) is 5.61. The summed E-state index contributed by atoms with van der Waals surface area (Å²) in [5, 5.41) is 9.22. The van der Waals surface area contributed by atoms with E-state index in [2.05, 4.69) is 0 Å². The summed E-state index contributed by atoms with van der Waals surface area (Å²) in [5.41, 5.74) is 7.93. The van der Waals surface area contributed by atoms with Crippen molar-refractivity contribution in [2.75, 3.05) is 0 Å². The third-order valence-electron chi connectivity index (χ3n) is 1.98. The number of benzene rings is 1. The molecule has 0 saturated carbocycles. The average Bonchev–Trinajstić information content (AvgIpc) is 2.04. The van der Waals surface area contributed by atoms with Crippen molar-refractivity contribution in [3.8, 4) is 0 Å². The minimum Gasteiger partial charge on any atom is -0.391 e. The van der Waals surface area contributed by atoms with Crippen molar-refractivity contribution < 1.29 is 5.11 Å². The fourth-order valence-corrected chi connectivity index (χ4v) is 1.07. The van der Waals surface area contributed by atoms with Crippen molar-refractivity contribution in [3.05, 3.63) is 35.4 Å². The van der Waals surface area contributed by atoms with Gasteiger partial charge in [-0.3, -0.25) is 0 Å². The van der Waals surface area contributed by atoms with Gasteiger partial charge in [0.15, 0.2) is 0 Å². The zero-order chi connectivity index (χ0) is 9.14. The second kappa shape index (κ2) is 3.70. The molecule has 1 aromatic rings. The largest absolute Gasteiger partial charge is 0.391 e. The Hall–Kier alpha value is -0.860. The van der Waals surface area contributed by atoms with Gasteiger partial charge >= 0.3 is 0 Å². The van der Waals surface area contributed by atoms with Crippen LogP contribution in [0.4, 0.5) is 0 Å². The Morgan fingerprint density at radius 3 is 2.17 bits per heavy atom. The van der Waals surface area contributed by atoms with Gasteiger partial charge in [-0.1, -0.05) is 29.8 Å². The SMILES string of the molecule is Cc1ccc([C@@H](N)[C@@H](C)O)cc1. The third-order valence-corrected chi connectivity index (χ3v) is 1.98. The molecule has 3 N–H and O–H groups in total. The monoisotopic (exact) mass is 165 g/mol. The summed E-state index contributed by atoms with van der Waals surface area (Å²) >= 11 is 0. The van der Waals surface area contributed by atoms with E-state index in [-0.39, 0.29) is 6.04 Å². The normalized spacial score (nSPS) is 15.7. The molecule has 0 unspecified atom stereocenters.